The maximum absolute atomic E-state index is 13.8. The first kappa shape index (κ1) is 19.0. The van der Waals surface area contributed by atoms with Gasteiger partial charge in [0.05, 0.1) is 18.8 Å². The van der Waals surface area contributed by atoms with Crippen molar-refractivity contribution in [1.29, 1.82) is 0 Å². The van der Waals surface area contributed by atoms with E-state index in [1.165, 1.54) is 10.4 Å². The molecule has 0 spiro atoms. The fourth-order valence-electron chi connectivity index (χ4n) is 3.56. The van der Waals surface area contributed by atoms with Crippen LogP contribution in [0.1, 0.15) is 11.1 Å². The highest BCUT2D eigenvalue weighted by atomic mass is 35.5. The second kappa shape index (κ2) is 7.37. The second-order valence-electron chi connectivity index (χ2n) is 6.90. The second-order valence-corrected chi connectivity index (χ2v) is 9.17. The van der Waals surface area contributed by atoms with Crippen molar-refractivity contribution in [3.63, 3.8) is 0 Å². The van der Waals surface area contributed by atoms with Crippen molar-refractivity contribution in [2.45, 2.75) is 17.9 Å². The van der Waals surface area contributed by atoms with Crippen LogP contribution in [0, 0.1) is 0 Å². The Hall–Kier alpha value is -2.97. The summed E-state index contributed by atoms with van der Waals surface area (Å²) in [5.74, 6) is 1.42. The van der Waals surface area contributed by atoms with E-state index in [2.05, 4.69) is 4.98 Å². The molecular formula is C21H17ClN2O5S. The first-order chi connectivity index (χ1) is 14.5. The lowest BCUT2D eigenvalue weighted by molar-refractivity contribution is 0.174. The summed E-state index contributed by atoms with van der Waals surface area (Å²) in [6.07, 6.45) is 3.89. The van der Waals surface area contributed by atoms with Gasteiger partial charge in [0.15, 0.2) is 11.5 Å². The maximum atomic E-state index is 13.8. The summed E-state index contributed by atoms with van der Waals surface area (Å²) in [5, 5.41) is 0.352. The third-order valence-corrected chi connectivity index (χ3v) is 6.97. The number of halogens is 1. The van der Waals surface area contributed by atoms with E-state index in [9.17, 15) is 8.42 Å². The number of ether oxygens (including phenoxy) is 3. The SMILES string of the molecule is O=S(=O)(c1cc(Cl)cc2c1OCC2)N(Cc1cccnc1)c1ccc2c(c1)OCO2. The van der Waals surface area contributed by atoms with Gasteiger partial charge < -0.3 is 14.2 Å². The van der Waals surface area contributed by atoms with Gasteiger partial charge in [-0.2, -0.15) is 0 Å². The number of benzene rings is 2. The summed E-state index contributed by atoms with van der Waals surface area (Å²) < 4.78 is 45.5. The molecule has 7 nitrogen and oxygen atoms in total. The van der Waals surface area contributed by atoms with Crippen LogP contribution in [-0.2, 0) is 23.0 Å². The molecule has 2 aliphatic heterocycles. The number of hydrogen-bond acceptors (Lipinski definition) is 6. The third kappa shape index (κ3) is 3.32. The zero-order valence-corrected chi connectivity index (χ0v) is 17.3. The van der Waals surface area contributed by atoms with Crippen molar-refractivity contribution < 1.29 is 22.6 Å². The Morgan fingerprint density at radius 1 is 1.07 bits per heavy atom. The van der Waals surface area contributed by atoms with E-state index in [0.29, 0.717) is 41.0 Å². The van der Waals surface area contributed by atoms with Crippen molar-refractivity contribution in [2.24, 2.45) is 0 Å². The van der Waals surface area contributed by atoms with Gasteiger partial charge in [-0.3, -0.25) is 9.29 Å². The standard InChI is InChI=1S/C21H17ClN2O5S/c22-16-8-15-5-7-27-21(15)20(9-16)30(25,26)24(12-14-2-1-6-23-11-14)17-3-4-18-19(10-17)29-13-28-18/h1-4,6,8-11H,5,7,12-13H2. The van der Waals surface area contributed by atoms with Crippen molar-refractivity contribution in [3.05, 3.63) is 71.0 Å². The molecule has 3 aromatic rings. The van der Waals surface area contributed by atoms with Crippen molar-refractivity contribution in [1.82, 2.24) is 4.98 Å². The van der Waals surface area contributed by atoms with Crippen LogP contribution in [0.4, 0.5) is 5.69 Å². The molecule has 5 rings (SSSR count). The van der Waals surface area contributed by atoms with Gasteiger partial charge in [-0.1, -0.05) is 17.7 Å². The van der Waals surface area contributed by atoms with E-state index in [0.717, 1.165) is 11.1 Å². The van der Waals surface area contributed by atoms with Crippen LogP contribution in [0.2, 0.25) is 5.02 Å². The number of anilines is 1. The molecule has 0 atom stereocenters. The number of aromatic nitrogens is 1. The van der Waals surface area contributed by atoms with Gasteiger partial charge in [-0.25, -0.2) is 8.42 Å². The Morgan fingerprint density at radius 3 is 2.77 bits per heavy atom. The normalized spacial score (nSPS) is 14.3. The predicted molar refractivity (Wildman–Crippen MR) is 111 cm³/mol. The summed E-state index contributed by atoms with van der Waals surface area (Å²) >= 11 is 6.24. The fourth-order valence-corrected chi connectivity index (χ4v) is 5.51. The molecule has 0 radical (unpaired) electrons. The molecule has 0 saturated carbocycles. The number of nitrogens with zero attached hydrogens (tertiary/aromatic N) is 2. The van der Waals surface area contributed by atoms with E-state index in [1.54, 1.807) is 42.7 Å². The van der Waals surface area contributed by atoms with Crippen molar-refractivity contribution in [3.8, 4) is 17.2 Å². The van der Waals surface area contributed by atoms with E-state index >= 15 is 0 Å². The highest BCUT2D eigenvalue weighted by Gasteiger charge is 2.33. The minimum Gasteiger partial charge on any atom is -0.492 e. The monoisotopic (exact) mass is 444 g/mol. The number of pyridine rings is 1. The molecule has 0 saturated heterocycles. The third-order valence-electron chi connectivity index (χ3n) is 4.98. The molecule has 0 fully saturated rings. The minimum absolute atomic E-state index is 0.0454. The highest BCUT2D eigenvalue weighted by Crippen LogP contribution is 2.41. The minimum atomic E-state index is -4.02. The topological polar surface area (TPSA) is 78.0 Å². The fraction of sp³-hybridized carbons (Fsp3) is 0.190. The Labute approximate surface area is 178 Å². The first-order valence-corrected chi connectivity index (χ1v) is 11.1. The molecule has 0 N–H and O–H groups in total. The van der Waals surface area contributed by atoms with Crippen LogP contribution in [0.5, 0.6) is 17.2 Å². The van der Waals surface area contributed by atoms with E-state index in [-0.39, 0.29) is 18.2 Å². The van der Waals surface area contributed by atoms with Crippen LogP contribution in [0.15, 0.2) is 59.8 Å². The lowest BCUT2D eigenvalue weighted by Gasteiger charge is -2.25. The maximum Gasteiger partial charge on any atom is 0.268 e. The smallest absolute Gasteiger partial charge is 0.268 e. The highest BCUT2D eigenvalue weighted by molar-refractivity contribution is 7.93. The number of hydrogen-bond donors (Lipinski definition) is 0. The summed E-state index contributed by atoms with van der Waals surface area (Å²) in [5.41, 5.74) is 1.96. The molecule has 0 aliphatic carbocycles. The molecule has 1 aromatic heterocycles. The lowest BCUT2D eigenvalue weighted by atomic mass is 10.2. The van der Waals surface area contributed by atoms with Gasteiger partial charge in [0.1, 0.15) is 10.6 Å². The molecule has 3 heterocycles. The van der Waals surface area contributed by atoms with Gasteiger partial charge in [-0.05, 0) is 35.9 Å². The van der Waals surface area contributed by atoms with Crippen LogP contribution in [0.3, 0.4) is 0 Å². The molecule has 2 aliphatic rings. The van der Waals surface area contributed by atoms with Crippen molar-refractivity contribution in [2.75, 3.05) is 17.7 Å². The zero-order valence-electron chi connectivity index (χ0n) is 15.7. The Balaban J connectivity index is 1.65. The molecule has 0 bridgehead atoms. The van der Waals surface area contributed by atoms with Crippen LogP contribution in [-0.4, -0.2) is 26.8 Å². The summed E-state index contributed by atoms with van der Waals surface area (Å²) in [7, 11) is -4.02. The van der Waals surface area contributed by atoms with Gasteiger partial charge in [-0.15, -0.1) is 0 Å². The summed E-state index contributed by atoms with van der Waals surface area (Å²) in [6, 6.07) is 11.8. The van der Waals surface area contributed by atoms with E-state index in [4.69, 9.17) is 25.8 Å². The largest absolute Gasteiger partial charge is 0.492 e. The molecule has 0 amide bonds. The molecule has 2 aromatic carbocycles. The molecule has 30 heavy (non-hydrogen) atoms. The average Bonchev–Trinajstić information content (AvgIpc) is 3.40. The van der Waals surface area contributed by atoms with Crippen LogP contribution in [0.25, 0.3) is 0 Å². The predicted octanol–water partition coefficient (Wildman–Crippen LogP) is 3.79. The van der Waals surface area contributed by atoms with Crippen LogP contribution < -0.4 is 18.5 Å². The number of rotatable bonds is 5. The molecule has 154 valence electrons. The average molecular weight is 445 g/mol. The zero-order chi connectivity index (χ0) is 20.7. The van der Waals surface area contributed by atoms with Crippen LogP contribution >= 0.6 is 11.6 Å². The quantitative estimate of drug-likeness (QED) is 0.595. The van der Waals surface area contributed by atoms with E-state index < -0.39 is 10.0 Å². The van der Waals surface area contributed by atoms with Gasteiger partial charge >= 0.3 is 0 Å². The number of fused-ring (bicyclic) bond motifs is 2. The summed E-state index contributed by atoms with van der Waals surface area (Å²) in [6.45, 7) is 0.603. The van der Waals surface area contributed by atoms with Gasteiger partial charge in [0.25, 0.3) is 10.0 Å². The van der Waals surface area contributed by atoms with Gasteiger partial charge in [0.2, 0.25) is 6.79 Å². The van der Waals surface area contributed by atoms with Crippen molar-refractivity contribution >= 4 is 27.3 Å². The lowest BCUT2D eigenvalue weighted by Crippen LogP contribution is -2.31. The molecule has 9 heteroatoms. The van der Waals surface area contributed by atoms with Gasteiger partial charge in [0, 0.05) is 35.5 Å². The first-order valence-electron chi connectivity index (χ1n) is 9.29. The molecular weight excluding hydrogens is 428 g/mol. The summed E-state index contributed by atoms with van der Waals surface area (Å²) in [4.78, 5) is 4.15. The Bertz CT molecular complexity index is 1220. The Kier molecular flexibility index (Phi) is 4.67. The number of sulfonamides is 1. The molecule has 0 unspecified atom stereocenters. The van der Waals surface area contributed by atoms with E-state index in [1.807, 2.05) is 6.07 Å². The Morgan fingerprint density at radius 2 is 1.93 bits per heavy atom.